The highest BCUT2D eigenvalue weighted by Crippen LogP contribution is 2.22. The first-order valence-electron chi connectivity index (χ1n) is 6.56. The van der Waals surface area contributed by atoms with Gasteiger partial charge in [-0.25, -0.2) is 4.79 Å². The van der Waals surface area contributed by atoms with Gasteiger partial charge in [0, 0.05) is 10.7 Å². The number of aromatic nitrogens is 2. The first-order valence-corrected chi connectivity index (χ1v) is 7.71. The maximum atomic E-state index is 11.9. The Labute approximate surface area is 136 Å². The molecule has 1 amide bonds. The molecule has 6 nitrogen and oxygen atoms in total. The fraction of sp³-hybridized carbons (Fsp3) is 0.286. The Morgan fingerprint density at radius 3 is 2.91 bits per heavy atom. The zero-order chi connectivity index (χ0) is 16.1. The topological polar surface area (TPSA) is 81.2 Å². The van der Waals surface area contributed by atoms with Gasteiger partial charge in [0.2, 0.25) is 0 Å². The van der Waals surface area contributed by atoms with Crippen molar-refractivity contribution in [3.8, 4) is 0 Å². The van der Waals surface area contributed by atoms with Crippen LogP contribution >= 0.6 is 23.1 Å². The predicted octanol–water partition coefficient (Wildman–Crippen LogP) is 2.86. The molecule has 0 unspecified atom stereocenters. The van der Waals surface area contributed by atoms with Gasteiger partial charge in [-0.15, -0.1) is 5.10 Å². The van der Waals surface area contributed by atoms with Crippen LogP contribution in [0.5, 0.6) is 0 Å². The number of hydrogen-bond donors (Lipinski definition) is 1. The zero-order valence-electron chi connectivity index (χ0n) is 12.1. The number of nitrogens with zero attached hydrogens (tertiary/aromatic N) is 2. The Kier molecular flexibility index (Phi) is 5.46. The number of aryl methyl sites for hydroxylation is 1. The number of rotatable bonds is 5. The second kappa shape index (κ2) is 7.33. The fourth-order valence-corrected chi connectivity index (χ4v) is 2.54. The van der Waals surface area contributed by atoms with E-state index in [1.54, 1.807) is 25.1 Å². The third-order valence-electron chi connectivity index (χ3n) is 2.95. The summed E-state index contributed by atoms with van der Waals surface area (Å²) < 4.78 is 8.69. The van der Waals surface area contributed by atoms with Crippen LogP contribution in [0.25, 0.3) is 0 Å². The molecule has 0 bridgehead atoms. The molecule has 1 aromatic heterocycles. The van der Waals surface area contributed by atoms with E-state index in [1.807, 2.05) is 6.92 Å². The van der Waals surface area contributed by atoms with Gasteiger partial charge in [0.15, 0.2) is 11.5 Å². The van der Waals surface area contributed by atoms with E-state index in [1.165, 1.54) is 0 Å². The lowest BCUT2D eigenvalue weighted by atomic mass is 10.2. The number of nitrogens with one attached hydrogen (secondary N) is 1. The molecule has 0 radical (unpaired) electrons. The van der Waals surface area contributed by atoms with Crippen molar-refractivity contribution in [3.63, 3.8) is 0 Å². The van der Waals surface area contributed by atoms with Crippen LogP contribution in [0.4, 0.5) is 5.69 Å². The summed E-state index contributed by atoms with van der Waals surface area (Å²) in [7, 11) is 0. The first-order chi connectivity index (χ1) is 10.5. The first kappa shape index (κ1) is 16.4. The molecule has 0 atom stereocenters. The van der Waals surface area contributed by atoms with Crippen molar-refractivity contribution in [3.05, 3.63) is 39.4 Å². The zero-order valence-corrected chi connectivity index (χ0v) is 13.6. The number of carbonyl (C=O) groups is 2. The van der Waals surface area contributed by atoms with Crippen molar-refractivity contribution in [2.45, 2.75) is 20.3 Å². The lowest BCUT2D eigenvalue weighted by Crippen LogP contribution is -2.21. The molecule has 1 N–H and O–H groups in total. The molecule has 1 aromatic carbocycles. The third kappa shape index (κ3) is 3.80. The summed E-state index contributed by atoms with van der Waals surface area (Å²) in [6, 6.07) is 5.19. The second-order valence-corrected chi connectivity index (χ2v) is 5.60. The highest BCUT2D eigenvalue weighted by atomic mass is 35.5. The van der Waals surface area contributed by atoms with Gasteiger partial charge in [-0.05, 0) is 42.6 Å². The lowest BCUT2D eigenvalue weighted by Gasteiger charge is -2.09. The van der Waals surface area contributed by atoms with Gasteiger partial charge >= 0.3 is 5.97 Å². The molecule has 0 saturated carbocycles. The van der Waals surface area contributed by atoms with Gasteiger partial charge in [-0.3, -0.25) is 4.79 Å². The Balaban J connectivity index is 1.93. The standard InChI is InChI=1S/C14H14ClN3O3S/c1-3-10-13(22-18-17-10)14(20)21-7-12(19)16-11-6-4-5-9(15)8(11)2/h4-6H,3,7H2,1-2H3,(H,16,19). The number of carbonyl (C=O) groups excluding carboxylic acids is 2. The van der Waals surface area contributed by atoms with Crippen LogP contribution in [-0.2, 0) is 16.0 Å². The molecule has 2 aromatic rings. The lowest BCUT2D eigenvalue weighted by molar-refractivity contribution is -0.119. The smallest absolute Gasteiger partial charge is 0.352 e. The van der Waals surface area contributed by atoms with Gasteiger partial charge in [0.05, 0.1) is 5.69 Å². The summed E-state index contributed by atoms with van der Waals surface area (Å²) >= 11 is 6.93. The van der Waals surface area contributed by atoms with Crippen molar-refractivity contribution in [1.82, 2.24) is 9.59 Å². The minimum atomic E-state index is -0.593. The monoisotopic (exact) mass is 339 g/mol. The number of amides is 1. The maximum absolute atomic E-state index is 11.9. The average Bonchev–Trinajstić information content (AvgIpc) is 2.98. The molecule has 0 saturated heterocycles. The Morgan fingerprint density at radius 1 is 1.41 bits per heavy atom. The molecule has 0 aliphatic heterocycles. The Morgan fingerprint density at radius 2 is 2.18 bits per heavy atom. The normalized spacial score (nSPS) is 10.3. The summed E-state index contributed by atoms with van der Waals surface area (Å²) in [5.41, 5.74) is 1.91. The summed E-state index contributed by atoms with van der Waals surface area (Å²) in [5, 5.41) is 7.03. The van der Waals surface area contributed by atoms with E-state index < -0.39 is 11.9 Å². The number of anilines is 1. The van der Waals surface area contributed by atoms with Gasteiger partial charge < -0.3 is 10.1 Å². The molecule has 2 rings (SSSR count). The van der Waals surface area contributed by atoms with Gasteiger partial charge in [0.25, 0.3) is 5.91 Å². The molecule has 0 spiro atoms. The van der Waals surface area contributed by atoms with Crippen LogP contribution in [0.15, 0.2) is 18.2 Å². The number of benzene rings is 1. The minimum Gasteiger partial charge on any atom is -0.451 e. The van der Waals surface area contributed by atoms with Crippen LogP contribution in [0, 0.1) is 6.92 Å². The maximum Gasteiger partial charge on any atom is 0.352 e. The molecule has 0 aliphatic rings. The van der Waals surface area contributed by atoms with E-state index in [4.69, 9.17) is 16.3 Å². The van der Waals surface area contributed by atoms with E-state index in [0.717, 1.165) is 17.1 Å². The molecule has 8 heteroatoms. The van der Waals surface area contributed by atoms with Crippen LogP contribution in [0.3, 0.4) is 0 Å². The van der Waals surface area contributed by atoms with Gasteiger partial charge in [-0.2, -0.15) is 0 Å². The molecule has 0 fully saturated rings. The largest absolute Gasteiger partial charge is 0.451 e. The van der Waals surface area contributed by atoms with Crippen LogP contribution < -0.4 is 5.32 Å². The molecular weight excluding hydrogens is 326 g/mol. The van der Waals surface area contributed by atoms with E-state index >= 15 is 0 Å². The van der Waals surface area contributed by atoms with E-state index in [-0.39, 0.29) is 6.61 Å². The SMILES string of the molecule is CCc1nnsc1C(=O)OCC(=O)Nc1cccc(Cl)c1C. The van der Waals surface area contributed by atoms with Crippen LogP contribution in [0.1, 0.15) is 27.9 Å². The fourth-order valence-electron chi connectivity index (χ4n) is 1.72. The number of esters is 1. The van der Waals surface area contributed by atoms with Crippen LogP contribution in [0.2, 0.25) is 5.02 Å². The predicted molar refractivity (Wildman–Crippen MR) is 84.4 cm³/mol. The molecule has 116 valence electrons. The van der Waals surface area contributed by atoms with Gasteiger partial charge in [0.1, 0.15) is 0 Å². The molecular formula is C14H14ClN3O3S. The number of hydrogen-bond acceptors (Lipinski definition) is 6. The third-order valence-corrected chi connectivity index (χ3v) is 4.11. The Bertz CT molecular complexity index is 702. The highest BCUT2D eigenvalue weighted by molar-refractivity contribution is 7.07. The van der Waals surface area contributed by atoms with E-state index in [9.17, 15) is 9.59 Å². The Hall–Kier alpha value is -1.99. The van der Waals surface area contributed by atoms with Crippen molar-refractivity contribution < 1.29 is 14.3 Å². The number of ether oxygens (including phenoxy) is 1. The summed E-state index contributed by atoms with van der Waals surface area (Å²) in [6.07, 6.45) is 0.578. The summed E-state index contributed by atoms with van der Waals surface area (Å²) in [4.78, 5) is 24.0. The van der Waals surface area contributed by atoms with Crippen molar-refractivity contribution in [2.24, 2.45) is 0 Å². The van der Waals surface area contributed by atoms with Crippen LogP contribution in [-0.4, -0.2) is 28.1 Å². The quantitative estimate of drug-likeness (QED) is 0.847. The summed E-state index contributed by atoms with van der Waals surface area (Å²) in [6.45, 7) is 3.27. The minimum absolute atomic E-state index is 0.328. The molecule has 1 heterocycles. The van der Waals surface area contributed by atoms with Crippen molar-refractivity contribution in [1.29, 1.82) is 0 Å². The second-order valence-electron chi connectivity index (χ2n) is 4.44. The van der Waals surface area contributed by atoms with E-state index in [2.05, 4.69) is 14.9 Å². The summed E-state index contributed by atoms with van der Waals surface area (Å²) in [5.74, 6) is -1.03. The molecule has 0 aliphatic carbocycles. The molecule has 22 heavy (non-hydrogen) atoms. The highest BCUT2D eigenvalue weighted by Gasteiger charge is 2.18. The van der Waals surface area contributed by atoms with Crippen molar-refractivity contribution in [2.75, 3.05) is 11.9 Å². The number of halogens is 1. The van der Waals surface area contributed by atoms with E-state index in [0.29, 0.717) is 27.7 Å². The van der Waals surface area contributed by atoms with Crippen molar-refractivity contribution >= 4 is 40.7 Å². The average molecular weight is 340 g/mol. The van der Waals surface area contributed by atoms with Gasteiger partial charge in [-0.1, -0.05) is 29.1 Å².